The fourth-order valence-corrected chi connectivity index (χ4v) is 3.05. The Morgan fingerprint density at radius 3 is 2.65 bits per heavy atom. The van der Waals surface area contributed by atoms with E-state index in [-0.39, 0.29) is 5.92 Å². The van der Waals surface area contributed by atoms with E-state index < -0.39 is 6.17 Å². The van der Waals surface area contributed by atoms with E-state index >= 15 is 0 Å². The van der Waals surface area contributed by atoms with Crippen molar-refractivity contribution in [3.8, 4) is 0 Å². The lowest BCUT2D eigenvalue weighted by Gasteiger charge is -2.16. The Morgan fingerprint density at radius 2 is 2.18 bits per heavy atom. The maximum atomic E-state index is 14.0. The van der Waals surface area contributed by atoms with Crippen molar-refractivity contribution in [2.24, 2.45) is 23.7 Å². The van der Waals surface area contributed by atoms with Gasteiger partial charge in [-0.15, -0.1) is 0 Å². The molecule has 1 heteroatoms. The van der Waals surface area contributed by atoms with Crippen LogP contribution in [0.5, 0.6) is 0 Å². The van der Waals surface area contributed by atoms with Crippen molar-refractivity contribution in [3.63, 3.8) is 0 Å². The van der Waals surface area contributed by atoms with Gasteiger partial charge in [0.1, 0.15) is 6.17 Å². The molecule has 17 heavy (non-hydrogen) atoms. The molecule has 0 heterocycles. The van der Waals surface area contributed by atoms with Crippen molar-refractivity contribution in [3.05, 3.63) is 35.5 Å². The zero-order valence-corrected chi connectivity index (χ0v) is 10.7. The van der Waals surface area contributed by atoms with Crippen molar-refractivity contribution in [2.75, 3.05) is 0 Å². The Hall–Kier alpha value is -0.850. The highest BCUT2D eigenvalue weighted by atomic mass is 19.1. The number of halogens is 1. The molecule has 3 aliphatic rings. The van der Waals surface area contributed by atoms with Crippen LogP contribution in [0.3, 0.4) is 0 Å². The van der Waals surface area contributed by atoms with Gasteiger partial charge in [0.25, 0.3) is 0 Å². The molecule has 3 aliphatic carbocycles. The van der Waals surface area contributed by atoms with E-state index in [1.807, 2.05) is 6.92 Å². The summed E-state index contributed by atoms with van der Waals surface area (Å²) in [6.07, 6.45) is 7.75. The highest BCUT2D eigenvalue weighted by Gasteiger charge is 2.52. The normalized spacial score (nSPS) is 36.4. The first kappa shape index (κ1) is 11.3. The largest absolute Gasteiger partial charge is 0.242 e. The molecule has 0 nitrogen and oxygen atoms in total. The van der Waals surface area contributed by atoms with Crippen molar-refractivity contribution < 1.29 is 4.39 Å². The molecule has 0 aromatic carbocycles. The van der Waals surface area contributed by atoms with Crippen LogP contribution in [0.15, 0.2) is 35.5 Å². The van der Waals surface area contributed by atoms with Gasteiger partial charge in [0.2, 0.25) is 0 Å². The summed E-state index contributed by atoms with van der Waals surface area (Å²) < 4.78 is 14.0. The van der Waals surface area contributed by atoms with Gasteiger partial charge in [0, 0.05) is 5.92 Å². The molecule has 4 atom stereocenters. The Balaban J connectivity index is 1.73. The van der Waals surface area contributed by atoms with Crippen LogP contribution in [0.25, 0.3) is 0 Å². The molecule has 0 aliphatic heterocycles. The molecule has 0 aromatic heterocycles. The summed E-state index contributed by atoms with van der Waals surface area (Å²) in [7, 11) is 0. The molecule has 0 N–H and O–H groups in total. The third kappa shape index (κ3) is 2.12. The average Bonchev–Trinajstić information content (AvgIpc) is 3.06. The van der Waals surface area contributed by atoms with Crippen molar-refractivity contribution in [2.45, 2.75) is 39.3 Å². The zero-order chi connectivity index (χ0) is 12.2. The van der Waals surface area contributed by atoms with Gasteiger partial charge in [-0.2, -0.15) is 0 Å². The number of allylic oxidation sites excluding steroid dienone is 5. The highest BCUT2D eigenvalue weighted by molar-refractivity contribution is 5.47. The predicted octanol–water partition coefficient (Wildman–Crippen LogP) is 4.45. The Bertz CT molecular complexity index is 411. The van der Waals surface area contributed by atoms with E-state index in [4.69, 9.17) is 0 Å². The first-order chi connectivity index (χ1) is 8.09. The predicted molar refractivity (Wildman–Crippen MR) is 69.4 cm³/mol. The molecule has 0 radical (unpaired) electrons. The van der Waals surface area contributed by atoms with E-state index in [2.05, 4.69) is 18.7 Å². The van der Waals surface area contributed by atoms with Gasteiger partial charge in [0.15, 0.2) is 0 Å². The van der Waals surface area contributed by atoms with Crippen LogP contribution in [0.4, 0.5) is 4.39 Å². The van der Waals surface area contributed by atoms with E-state index in [1.165, 1.54) is 24.8 Å². The lowest BCUT2D eigenvalue weighted by atomic mass is 9.94. The van der Waals surface area contributed by atoms with Gasteiger partial charge in [-0.05, 0) is 49.5 Å². The average molecular weight is 232 g/mol. The Labute approximate surface area is 103 Å². The molecule has 0 aromatic rings. The van der Waals surface area contributed by atoms with E-state index in [9.17, 15) is 4.39 Å². The standard InChI is InChI=1S/C16H21F/c1-9(2)16(17)10(3)14-13(8-11-4-5-11)15(14)12-6-7-12/h6,8,10-11,14-16H,1,4-5,7H2,2-3H3/b13-8-. The van der Waals surface area contributed by atoms with Gasteiger partial charge in [-0.1, -0.05) is 36.8 Å². The monoisotopic (exact) mass is 232 g/mol. The van der Waals surface area contributed by atoms with Gasteiger partial charge in [0.05, 0.1) is 0 Å². The van der Waals surface area contributed by atoms with E-state index in [0.29, 0.717) is 17.4 Å². The maximum Gasteiger partial charge on any atom is 0.124 e. The topological polar surface area (TPSA) is 0 Å². The summed E-state index contributed by atoms with van der Waals surface area (Å²) in [6.45, 7) is 7.62. The number of hydrogen-bond donors (Lipinski definition) is 0. The first-order valence-corrected chi connectivity index (χ1v) is 6.79. The van der Waals surface area contributed by atoms with Gasteiger partial charge >= 0.3 is 0 Å². The summed E-state index contributed by atoms with van der Waals surface area (Å²) in [6, 6.07) is 0. The molecule has 2 saturated carbocycles. The third-order valence-electron chi connectivity index (χ3n) is 4.38. The molecule has 3 rings (SSSR count). The second kappa shape index (κ2) is 3.83. The summed E-state index contributed by atoms with van der Waals surface area (Å²) >= 11 is 0. The molecule has 0 saturated heterocycles. The minimum atomic E-state index is -0.841. The minimum absolute atomic E-state index is 0.101. The lowest BCUT2D eigenvalue weighted by molar-refractivity contribution is 0.258. The smallest absolute Gasteiger partial charge is 0.124 e. The summed E-state index contributed by atoms with van der Waals surface area (Å²) in [5.41, 5.74) is 3.77. The van der Waals surface area contributed by atoms with E-state index in [0.717, 1.165) is 5.92 Å². The summed E-state index contributed by atoms with van der Waals surface area (Å²) in [4.78, 5) is 0. The molecule has 0 spiro atoms. The van der Waals surface area contributed by atoms with Crippen LogP contribution in [-0.4, -0.2) is 6.17 Å². The second-order valence-corrected chi connectivity index (χ2v) is 6.10. The minimum Gasteiger partial charge on any atom is -0.242 e. The van der Waals surface area contributed by atoms with Gasteiger partial charge in [-0.25, -0.2) is 4.39 Å². The zero-order valence-electron chi connectivity index (χ0n) is 10.7. The molecule has 2 fully saturated rings. The Kier molecular flexibility index (Phi) is 2.53. The SMILES string of the molecule is C=C(C)C(F)C(C)C1/C(=C/C2CC2)C1C1=CC1. The fraction of sp³-hybridized carbons (Fsp3) is 0.625. The van der Waals surface area contributed by atoms with Crippen LogP contribution >= 0.6 is 0 Å². The lowest BCUT2D eigenvalue weighted by Crippen LogP contribution is -2.16. The van der Waals surface area contributed by atoms with Crippen LogP contribution in [-0.2, 0) is 0 Å². The molecule has 4 unspecified atom stereocenters. The van der Waals surface area contributed by atoms with Crippen LogP contribution in [0.2, 0.25) is 0 Å². The number of alkyl halides is 1. The first-order valence-electron chi connectivity index (χ1n) is 6.79. The molecular weight excluding hydrogens is 211 g/mol. The van der Waals surface area contributed by atoms with Gasteiger partial charge < -0.3 is 0 Å². The van der Waals surface area contributed by atoms with Gasteiger partial charge in [-0.3, -0.25) is 0 Å². The van der Waals surface area contributed by atoms with Crippen LogP contribution in [0.1, 0.15) is 33.1 Å². The quantitative estimate of drug-likeness (QED) is 0.614. The summed E-state index contributed by atoms with van der Waals surface area (Å²) in [5.74, 6) is 1.98. The Morgan fingerprint density at radius 1 is 1.53 bits per heavy atom. The fourth-order valence-electron chi connectivity index (χ4n) is 3.05. The van der Waals surface area contributed by atoms with Crippen molar-refractivity contribution in [1.29, 1.82) is 0 Å². The van der Waals surface area contributed by atoms with Crippen LogP contribution < -0.4 is 0 Å². The number of hydrogen-bond acceptors (Lipinski definition) is 0. The molecule has 0 bridgehead atoms. The molecular formula is C16H21F. The highest BCUT2D eigenvalue weighted by Crippen LogP contribution is 2.60. The van der Waals surface area contributed by atoms with E-state index in [1.54, 1.807) is 12.5 Å². The molecule has 0 amide bonds. The van der Waals surface area contributed by atoms with Crippen molar-refractivity contribution in [1.82, 2.24) is 0 Å². The maximum absolute atomic E-state index is 14.0. The van der Waals surface area contributed by atoms with Crippen LogP contribution in [0, 0.1) is 23.7 Å². The summed E-state index contributed by atoms with van der Waals surface area (Å²) in [5, 5.41) is 0. The molecule has 92 valence electrons. The number of rotatable bonds is 5. The van der Waals surface area contributed by atoms with Crippen molar-refractivity contribution >= 4 is 0 Å². The second-order valence-electron chi connectivity index (χ2n) is 6.10. The third-order valence-corrected chi connectivity index (χ3v) is 4.38.